The lowest BCUT2D eigenvalue weighted by Crippen LogP contribution is -2.37. The molecule has 0 saturated carbocycles. The van der Waals surface area contributed by atoms with Gasteiger partial charge < -0.3 is 20.4 Å². The topological polar surface area (TPSA) is 122 Å². The van der Waals surface area contributed by atoms with Gasteiger partial charge in [0.25, 0.3) is 5.91 Å². The third kappa shape index (κ3) is 6.14. The Morgan fingerprint density at radius 2 is 1.34 bits per heavy atom. The zero-order valence-corrected chi connectivity index (χ0v) is 18.9. The van der Waals surface area contributed by atoms with E-state index in [0.29, 0.717) is 11.4 Å². The Bertz CT molecular complexity index is 1320. The summed E-state index contributed by atoms with van der Waals surface area (Å²) >= 11 is 0. The number of anilines is 1. The summed E-state index contributed by atoms with van der Waals surface area (Å²) in [4.78, 5) is 24.7. The summed E-state index contributed by atoms with van der Waals surface area (Å²) in [5.74, 6) is -0.435. The zero-order valence-electron chi connectivity index (χ0n) is 18.9. The minimum Gasteiger partial charge on any atom is -0.484 e. The molecule has 0 spiro atoms. The summed E-state index contributed by atoms with van der Waals surface area (Å²) in [6.45, 7) is -0.109. The first-order chi connectivity index (χ1) is 17.0. The van der Waals surface area contributed by atoms with Crippen molar-refractivity contribution in [3.05, 3.63) is 97.1 Å². The summed E-state index contributed by atoms with van der Waals surface area (Å²) in [5, 5.41) is 12.5. The molecule has 0 bridgehead atoms. The van der Waals surface area contributed by atoms with Gasteiger partial charge in [0.15, 0.2) is 12.6 Å². The Morgan fingerprint density at radius 1 is 0.771 bits per heavy atom. The van der Waals surface area contributed by atoms with Gasteiger partial charge in [-0.3, -0.25) is 20.3 Å². The van der Waals surface area contributed by atoms with Crippen LogP contribution in [0.1, 0.15) is 0 Å². The van der Waals surface area contributed by atoms with Crippen LogP contribution in [0, 0.1) is 5.41 Å². The van der Waals surface area contributed by atoms with E-state index in [1.54, 1.807) is 24.3 Å². The van der Waals surface area contributed by atoms with Crippen molar-refractivity contribution in [1.82, 2.24) is 9.88 Å². The Hall–Kier alpha value is -4.85. The maximum atomic E-state index is 12.4. The van der Waals surface area contributed by atoms with Crippen LogP contribution in [0.5, 0.6) is 5.75 Å². The summed E-state index contributed by atoms with van der Waals surface area (Å²) in [6.07, 6.45) is 0. The average Bonchev–Trinajstić information content (AvgIpc) is 3.27. The fourth-order valence-corrected chi connectivity index (χ4v) is 3.67. The highest BCUT2D eigenvalue weighted by Crippen LogP contribution is 2.29. The number of hydrogen-bond donors (Lipinski definition) is 4. The molecule has 5 N–H and O–H groups in total. The lowest BCUT2D eigenvalue weighted by molar-refractivity contribution is -0.120. The number of carbonyl (C=O) groups excluding carboxylic acids is 2. The summed E-state index contributed by atoms with van der Waals surface area (Å²) in [7, 11) is 0. The number of rotatable bonds is 8. The van der Waals surface area contributed by atoms with Gasteiger partial charge in [0, 0.05) is 17.1 Å². The van der Waals surface area contributed by atoms with Gasteiger partial charge in [-0.25, -0.2) is 0 Å². The van der Waals surface area contributed by atoms with Gasteiger partial charge in [0.05, 0.1) is 0 Å². The van der Waals surface area contributed by atoms with E-state index in [1.165, 1.54) is 0 Å². The van der Waals surface area contributed by atoms with E-state index in [-0.39, 0.29) is 19.1 Å². The molecule has 0 radical (unpaired) electrons. The molecule has 0 aliphatic carbocycles. The number of guanidine groups is 1. The first kappa shape index (κ1) is 23.3. The van der Waals surface area contributed by atoms with Crippen molar-refractivity contribution in [2.45, 2.75) is 6.54 Å². The van der Waals surface area contributed by atoms with Gasteiger partial charge in [-0.15, -0.1) is 0 Å². The number of aromatic nitrogens is 1. The van der Waals surface area contributed by atoms with Crippen molar-refractivity contribution in [2.24, 2.45) is 5.73 Å². The average molecular weight is 468 g/mol. The zero-order chi connectivity index (χ0) is 24.6. The second kappa shape index (κ2) is 10.8. The van der Waals surface area contributed by atoms with Crippen LogP contribution in [-0.2, 0) is 16.1 Å². The Balaban J connectivity index is 1.51. The molecule has 8 heteroatoms. The molecule has 3 aromatic carbocycles. The standard InChI is InChI=1S/C27H25N5O3/c28-27(29)31-25(33)17-32-23(19-7-3-1-4-8-19)15-16-24(32)20-11-13-21(14-12-20)30-26(34)18-35-22-9-5-2-6-10-22/h1-16H,17-18H2,(H,30,34)(H4,28,29,31,33). The SMILES string of the molecule is N=C(N)NC(=O)Cn1c(-c2ccccc2)ccc1-c1ccc(NC(=O)COc2ccccc2)cc1. The smallest absolute Gasteiger partial charge is 0.262 e. The van der Waals surface area contributed by atoms with Gasteiger partial charge in [0.1, 0.15) is 12.3 Å². The van der Waals surface area contributed by atoms with Crippen LogP contribution in [0.3, 0.4) is 0 Å². The minimum atomic E-state index is -0.402. The van der Waals surface area contributed by atoms with Gasteiger partial charge in [-0.2, -0.15) is 0 Å². The molecule has 0 fully saturated rings. The molecule has 0 atom stereocenters. The van der Waals surface area contributed by atoms with Crippen molar-refractivity contribution >= 4 is 23.5 Å². The predicted molar refractivity (Wildman–Crippen MR) is 136 cm³/mol. The molecule has 4 rings (SSSR count). The Morgan fingerprint density at radius 3 is 1.94 bits per heavy atom. The first-order valence-electron chi connectivity index (χ1n) is 11.0. The second-order valence-electron chi connectivity index (χ2n) is 7.75. The molecule has 35 heavy (non-hydrogen) atoms. The van der Waals surface area contributed by atoms with Crippen LogP contribution in [0.15, 0.2) is 97.1 Å². The maximum Gasteiger partial charge on any atom is 0.262 e. The summed E-state index contributed by atoms with van der Waals surface area (Å²) < 4.78 is 7.35. The number of nitrogens with one attached hydrogen (secondary N) is 3. The highest BCUT2D eigenvalue weighted by atomic mass is 16.5. The van der Waals surface area contributed by atoms with E-state index in [2.05, 4.69) is 10.6 Å². The lowest BCUT2D eigenvalue weighted by atomic mass is 10.1. The molecule has 0 saturated heterocycles. The molecule has 8 nitrogen and oxygen atoms in total. The van der Waals surface area contributed by atoms with Crippen LogP contribution < -0.4 is 21.1 Å². The number of nitrogens with two attached hydrogens (primary N) is 1. The molecule has 4 aromatic rings. The number of benzene rings is 3. The molecule has 0 unspecified atom stereocenters. The molecule has 0 aliphatic heterocycles. The van der Waals surface area contributed by atoms with E-state index in [4.69, 9.17) is 15.9 Å². The van der Waals surface area contributed by atoms with Gasteiger partial charge >= 0.3 is 0 Å². The second-order valence-corrected chi connectivity index (χ2v) is 7.75. The summed E-state index contributed by atoms with van der Waals surface area (Å²) in [6, 6.07) is 30.1. The number of carbonyl (C=O) groups is 2. The van der Waals surface area contributed by atoms with Crippen LogP contribution in [0.2, 0.25) is 0 Å². The Labute approximate surface area is 202 Å². The fraction of sp³-hybridized carbons (Fsp3) is 0.0741. The molecule has 1 heterocycles. The third-order valence-electron chi connectivity index (χ3n) is 5.20. The predicted octanol–water partition coefficient (Wildman–Crippen LogP) is 3.85. The fourth-order valence-electron chi connectivity index (χ4n) is 3.67. The largest absolute Gasteiger partial charge is 0.484 e. The normalized spacial score (nSPS) is 10.4. The van der Waals surface area contributed by atoms with Crippen molar-refractivity contribution in [2.75, 3.05) is 11.9 Å². The van der Waals surface area contributed by atoms with Crippen molar-refractivity contribution < 1.29 is 14.3 Å². The number of hydrogen-bond acceptors (Lipinski definition) is 4. The van der Waals surface area contributed by atoms with Gasteiger partial charge in [0.2, 0.25) is 5.91 Å². The molecule has 176 valence electrons. The van der Waals surface area contributed by atoms with Crippen LogP contribution >= 0.6 is 0 Å². The first-order valence-corrected chi connectivity index (χ1v) is 11.0. The number of para-hydroxylation sites is 1. The monoisotopic (exact) mass is 467 g/mol. The number of ether oxygens (including phenoxy) is 1. The lowest BCUT2D eigenvalue weighted by Gasteiger charge is -2.14. The molecular weight excluding hydrogens is 442 g/mol. The molecule has 2 amide bonds. The van der Waals surface area contributed by atoms with E-state index >= 15 is 0 Å². The van der Waals surface area contributed by atoms with Crippen LogP contribution in [0.4, 0.5) is 5.69 Å². The van der Waals surface area contributed by atoms with Gasteiger partial charge in [-0.1, -0.05) is 60.7 Å². The van der Waals surface area contributed by atoms with E-state index in [9.17, 15) is 9.59 Å². The molecule has 1 aromatic heterocycles. The third-order valence-corrected chi connectivity index (χ3v) is 5.20. The number of nitrogens with zero attached hydrogens (tertiary/aromatic N) is 1. The Kier molecular flexibility index (Phi) is 7.22. The van der Waals surface area contributed by atoms with Gasteiger partial charge in [-0.05, 0) is 47.5 Å². The van der Waals surface area contributed by atoms with Crippen LogP contribution in [0.25, 0.3) is 22.5 Å². The quantitative estimate of drug-likeness (QED) is 0.232. The minimum absolute atomic E-state index is 0.0124. The van der Waals surface area contributed by atoms with Crippen molar-refractivity contribution in [1.29, 1.82) is 5.41 Å². The molecule has 0 aliphatic rings. The molecular formula is C27H25N5O3. The van der Waals surface area contributed by atoms with E-state index < -0.39 is 11.9 Å². The van der Waals surface area contributed by atoms with Crippen molar-refractivity contribution in [3.8, 4) is 28.3 Å². The number of amides is 2. The van der Waals surface area contributed by atoms with E-state index in [0.717, 1.165) is 22.5 Å². The maximum absolute atomic E-state index is 12.4. The van der Waals surface area contributed by atoms with Crippen LogP contribution in [-0.4, -0.2) is 28.9 Å². The van der Waals surface area contributed by atoms with E-state index in [1.807, 2.05) is 77.4 Å². The van der Waals surface area contributed by atoms with Crippen molar-refractivity contribution in [3.63, 3.8) is 0 Å². The highest BCUT2D eigenvalue weighted by Gasteiger charge is 2.15. The summed E-state index contributed by atoms with van der Waals surface area (Å²) in [5.41, 5.74) is 9.45. The highest BCUT2D eigenvalue weighted by molar-refractivity contribution is 5.95.